The second kappa shape index (κ2) is 7.81. The first kappa shape index (κ1) is 17.0. The molecule has 3 rings (SSSR count). The molecule has 4 nitrogen and oxygen atoms in total. The first-order valence-corrected chi connectivity index (χ1v) is 9.33. The molecule has 2 amide bonds. The zero-order chi connectivity index (χ0) is 16.9. The molecule has 0 spiro atoms. The molecule has 0 aliphatic carbocycles. The molecule has 1 aliphatic rings. The number of likely N-dealkylation sites (tertiary alicyclic amines) is 1. The van der Waals surface area contributed by atoms with Gasteiger partial charge >= 0.3 is 0 Å². The monoisotopic (exact) mass is 362 g/mol. The van der Waals surface area contributed by atoms with Crippen LogP contribution in [-0.4, -0.2) is 29.8 Å². The highest BCUT2D eigenvalue weighted by Crippen LogP contribution is 2.35. The molecule has 1 fully saturated rings. The van der Waals surface area contributed by atoms with E-state index >= 15 is 0 Å². The van der Waals surface area contributed by atoms with Crippen LogP contribution >= 0.6 is 22.9 Å². The first-order valence-electron chi connectivity index (χ1n) is 8.01. The lowest BCUT2D eigenvalue weighted by Gasteiger charge is -2.26. The highest BCUT2D eigenvalue weighted by atomic mass is 35.5. The summed E-state index contributed by atoms with van der Waals surface area (Å²) in [7, 11) is 0. The fourth-order valence-electron chi connectivity index (χ4n) is 3.06. The number of carbonyl (C=O) groups excluding carboxylic acids is 2. The number of carbonyl (C=O) groups is 2. The molecule has 126 valence electrons. The van der Waals surface area contributed by atoms with E-state index in [9.17, 15) is 9.59 Å². The zero-order valence-electron chi connectivity index (χ0n) is 13.2. The van der Waals surface area contributed by atoms with Crippen LogP contribution in [0.4, 0.5) is 0 Å². The van der Waals surface area contributed by atoms with Crippen LogP contribution in [0.15, 0.2) is 41.1 Å². The topological polar surface area (TPSA) is 49.4 Å². The summed E-state index contributed by atoms with van der Waals surface area (Å²) in [5.74, 6) is -0.0730. The molecule has 1 N–H and O–H groups in total. The van der Waals surface area contributed by atoms with E-state index in [-0.39, 0.29) is 17.9 Å². The molecule has 6 heteroatoms. The average Bonchev–Trinajstić information content (AvgIpc) is 3.27. The molecule has 0 radical (unpaired) electrons. The van der Waals surface area contributed by atoms with Gasteiger partial charge in [0.15, 0.2) is 0 Å². The van der Waals surface area contributed by atoms with Crippen molar-refractivity contribution in [3.8, 4) is 0 Å². The van der Waals surface area contributed by atoms with Crippen LogP contribution in [0.5, 0.6) is 0 Å². The van der Waals surface area contributed by atoms with Gasteiger partial charge in [-0.15, -0.1) is 0 Å². The second-order valence-electron chi connectivity index (χ2n) is 5.78. The van der Waals surface area contributed by atoms with Crippen molar-refractivity contribution in [2.45, 2.75) is 25.3 Å². The summed E-state index contributed by atoms with van der Waals surface area (Å²) in [5, 5.41) is 7.16. The normalized spacial score (nSPS) is 17.0. The van der Waals surface area contributed by atoms with Gasteiger partial charge in [0, 0.05) is 35.5 Å². The van der Waals surface area contributed by atoms with Crippen LogP contribution in [0, 0.1) is 0 Å². The van der Waals surface area contributed by atoms with Gasteiger partial charge in [0.25, 0.3) is 5.91 Å². The Morgan fingerprint density at radius 2 is 2.12 bits per heavy atom. The van der Waals surface area contributed by atoms with Crippen molar-refractivity contribution in [3.05, 3.63) is 57.2 Å². The maximum absolute atomic E-state index is 12.5. The van der Waals surface area contributed by atoms with E-state index < -0.39 is 0 Å². The highest BCUT2D eigenvalue weighted by Gasteiger charge is 2.30. The minimum atomic E-state index is -0.131. The summed E-state index contributed by atoms with van der Waals surface area (Å²) < 4.78 is 0. The van der Waals surface area contributed by atoms with Crippen LogP contribution in [0.1, 0.15) is 41.2 Å². The van der Waals surface area contributed by atoms with Gasteiger partial charge in [-0.1, -0.05) is 29.8 Å². The van der Waals surface area contributed by atoms with Crippen molar-refractivity contribution in [2.24, 2.45) is 0 Å². The van der Waals surface area contributed by atoms with Gasteiger partial charge in [-0.05, 0) is 35.9 Å². The van der Waals surface area contributed by atoms with Gasteiger partial charge in [0.2, 0.25) is 5.91 Å². The van der Waals surface area contributed by atoms with Crippen molar-refractivity contribution >= 4 is 34.8 Å². The van der Waals surface area contributed by atoms with Gasteiger partial charge in [-0.2, -0.15) is 11.3 Å². The van der Waals surface area contributed by atoms with Gasteiger partial charge in [0.05, 0.1) is 6.04 Å². The maximum Gasteiger partial charge on any atom is 0.252 e. The summed E-state index contributed by atoms with van der Waals surface area (Å²) in [5.41, 5.74) is 1.65. The fraction of sp³-hybridized carbons (Fsp3) is 0.333. The Balaban J connectivity index is 1.56. The Morgan fingerprint density at radius 1 is 1.29 bits per heavy atom. The number of hydrogen-bond donors (Lipinski definition) is 1. The van der Waals surface area contributed by atoms with E-state index in [1.807, 2.05) is 34.5 Å². The molecule has 1 aromatic heterocycles. The lowest BCUT2D eigenvalue weighted by molar-refractivity contribution is -0.132. The first-order chi connectivity index (χ1) is 11.7. The van der Waals surface area contributed by atoms with Crippen molar-refractivity contribution in [1.29, 1.82) is 0 Å². The largest absolute Gasteiger partial charge is 0.351 e. The van der Waals surface area contributed by atoms with E-state index in [1.165, 1.54) is 11.3 Å². The SMILES string of the molecule is O=C(NCCC(=O)N1CCCC1c1ccccc1Cl)c1ccsc1. The highest BCUT2D eigenvalue weighted by molar-refractivity contribution is 7.08. The second-order valence-corrected chi connectivity index (χ2v) is 6.97. The number of thiophene rings is 1. The summed E-state index contributed by atoms with van der Waals surface area (Å²) in [6.45, 7) is 1.09. The fourth-order valence-corrected chi connectivity index (χ4v) is 3.95. The lowest BCUT2D eigenvalue weighted by Crippen LogP contribution is -2.34. The van der Waals surface area contributed by atoms with E-state index in [0.717, 1.165) is 24.9 Å². The Morgan fingerprint density at radius 3 is 2.88 bits per heavy atom. The Bertz CT molecular complexity index is 718. The van der Waals surface area contributed by atoms with Crippen LogP contribution in [0.3, 0.4) is 0 Å². The van der Waals surface area contributed by atoms with Gasteiger partial charge in [-0.25, -0.2) is 0 Å². The lowest BCUT2D eigenvalue weighted by atomic mass is 10.0. The van der Waals surface area contributed by atoms with Crippen molar-refractivity contribution in [2.75, 3.05) is 13.1 Å². The van der Waals surface area contributed by atoms with E-state index in [4.69, 9.17) is 11.6 Å². The van der Waals surface area contributed by atoms with Crippen LogP contribution < -0.4 is 5.32 Å². The minimum Gasteiger partial charge on any atom is -0.351 e. The third kappa shape index (κ3) is 3.79. The standard InChI is InChI=1S/C18H19ClN2O2S/c19-15-5-2-1-4-14(15)16-6-3-10-21(16)17(22)7-9-20-18(23)13-8-11-24-12-13/h1-2,4-5,8,11-12,16H,3,6-7,9-10H2,(H,20,23). The third-order valence-corrected chi connectivity index (χ3v) is 5.27. The maximum atomic E-state index is 12.5. The molecule has 0 saturated carbocycles. The Kier molecular flexibility index (Phi) is 5.53. The molecule has 2 heterocycles. The number of benzene rings is 1. The molecule has 0 bridgehead atoms. The van der Waals surface area contributed by atoms with Crippen LogP contribution in [0.25, 0.3) is 0 Å². The summed E-state index contributed by atoms with van der Waals surface area (Å²) in [4.78, 5) is 26.3. The predicted molar refractivity (Wildman–Crippen MR) is 96.4 cm³/mol. The number of hydrogen-bond acceptors (Lipinski definition) is 3. The zero-order valence-corrected chi connectivity index (χ0v) is 14.8. The Hall–Kier alpha value is -1.85. The van der Waals surface area contributed by atoms with Crippen molar-refractivity contribution in [3.63, 3.8) is 0 Å². The third-order valence-electron chi connectivity index (χ3n) is 4.25. The number of nitrogens with zero attached hydrogens (tertiary/aromatic N) is 1. The van der Waals surface area contributed by atoms with Crippen LogP contribution in [0.2, 0.25) is 5.02 Å². The quantitative estimate of drug-likeness (QED) is 0.877. The van der Waals surface area contributed by atoms with Gasteiger partial charge in [-0.3, -0.25) is 9.59 Å². The molecular formula is C18H19ClN2O2S. The number of halogens is 1. The van der Waals surface area contributed by atoms with E-state index in [0.29, 0.717) is 23.6 Å². The Labute approximate surface area is 150 Å². The molecule has 1 aromatic carbocycles. The molecule has 1 saturated heterocycles. The molecule has 1 unspecified atom stereocenters. The molecule has 1 aliphatic heterocycles. The number of rotatable bonds is 5. The molecular weight excluding hydrogens is 344 g/mol. The average molecular weight is 363 g/mol. The molecule has 1 atom stereocenters. The van der Waals surface area contributed by atoms with Crippen LogP contribution in [-0.2, 0) is 4.79 Å². The van der Waals surface area contributed by atoms with E-state index in [1.54, 1.807) is 11.4 Å². The smallest absolute Gasteiger partial charge is 0.252 e. The van der Waals surface area contributed by atoms with Crippen molar-refractivity contribution in [1.82, 2.24) is 10.2 Å². The van der Waals surface area contributed by atoms with Gasteiger partial charge < -0.3 is 10.2 Å². The van der Waals surface area contributed by atoms with Crippen molar-refractivity contribution < 1.29 is 9.59 Å². The summed E-state index contributed by atoms with van der Waals surface area (Å²) in [6, 6.07) is 9.50. The minimum absolute atomic E-state index is 0.0405. The van der Waals surface area contributed by atoms with E-state index in [2.05, 4.69) is 5.32 Å². The number of nitrogens with one attached hydrogen (secondary N) is 1. The number of amides is 2. The molecule has 2 aromatic rings. The summed E-state index contributed by atoms with van der Waals surface area (Å²) in [6.07, 6.45) is 2.20. The predicted octanol–water partition coefficient (Wildman–Crippen LogP) is 3.89. The van der Waals surface area contributed by atoms with Gasteiger partial charge in [0.1, 0.15) is 0 Å². The summed E-state index contributed by atoms with van der Waals surface area (Å²) >= 11 is 7.76. The molecule has 24 heavy (non-hydrogen) atoms.